The van der Waals surface area contributed by atoms with Crippen LogP contribution in [0.2, 0.25) is 0 Å². The zero-order valence-corrected chi connectivity index (χ0v) is 15.2. The maximum Gasteiger partial charge on any atom is 0.246 e. The third-order valence-corrected chi connectivity index (χ3v) is 5.17. The monoisotopic (exact) mass is 344 g/mol. The molecule has 0 bridgehead atoms. The van der Waals surface area contributed by atoms with Gasteiger partial charge in [0.1, 0.15) is 0 Å². The fraction of sp³-hybridized carbons (Fsp3) is 0.550. The smallest absolute Gasteiger partial charge is 0.246 e. The summed E-state index contributed by atoms with van der Waals surface area (Å²) in [7, 11) is 3.23. The van der Waals surface area contributed by atoms with E-state index in [9.17, 15) is 4.79 Å². The summed E-state index contributed by atoms with van der Waals surface area (Å²) in [6.07, 6.45) is 8.28. The molecule has 1 amide bonds. The maximum atomic E-state index is 12.7. The molecule has 2 heterocycles. The Balaban J connectivity index is 1.67. The number of methoxy groups -OCH3 is 2. The summed E-state index contributed by atoms with van der Waals surface area (Å²) in [5.41, 5.74) is 0.852. The van der Waals surface area contributed by atoms with Gasteiger partial charge in [-0.1, -0.05) is 12.1 Å². The largest absolute Gasteiger partial charge is 0.493 e. The predicted octanol–water partition coefficient (Wildman–Crippen LogP) is 2.80. The number of para-hydroxylation sites is 1. The van der Waals surface area contributed by atoms with Crippen molar-refractivity contribution in [1.29, 1.82) is 0 Å². The number of hydrogen-bond acceptors (Lipinski definition) is 4. The molecule has 0 aromatic heterocycles. The quantitative estimate of drug-likeness (QED) is 0.744. The summed E-state index contributed by atoms with van der Waals surface area (Å²) in [5, 5.41) is 0. The van der Waals surface area contributed by atoms with Crippen molar-refractivity contribution in [2.45, 2.75) is 31.7 Å². The van der Waals surface area contributed by atoms with Gasteiger partial charge in [0, 0.05) is 30.8 Å². The molecule has 5 heteroatoms. The van der Waals surface area contributed by atoms with Gasteiger partial charge in [-0.2, -0.15) is 0 Å². The number of rotatable bonds is 6. The average molecular weight is 344 g/mol. The second kappa shape index (κ2) is 8.39. The van der Waals surface area contributed by atoms with Gasteiger partial charge >= 0.3 is 0 Å². The Morgan fingerprint density at radius 1 is 1.16 bits per heavy atom. The lowest BCUT2D eigenvalue weighted by Crippen LogP contribution is -2.41. The molecule has 2 aliphatic heterocycles. The highest BCUT2D eigenvalue weighted by molar-refractivity contribution is 5.92. The lowest BCUT2D eigenvalue weighted by molar-refractivity contribution is -0.127. The Hall–Kier alpha value is -2.01. The zero-order chi connectivity index (χ0) is 17.6. The summed E-state index contributed by atoms with van der Waals surface area (Å²) in [4.78, 5) is 17.2. The third-order valence-electron chi connectivity index (χ3n) is 5.17. The van der Waals surface area contributed by atoms with E-state index in [-0.39, 0.29) is 5.91 Å². The van der Waals surface area contributed by atoms with E-state index in [0.717, 1.165) is 31.5 Å². The lowest BCUT2D eigenvalue weighted by atomic mass is 10.1. The molecule has 0 aliphatic carbocycles. The van der Waals surface area contributed by atoms with Gasteiger partial charge in [0.15, 0.2) is 11.5 Å². The Morgan fingerprint density at radius 3 is 2.68 bits per heavy atom. The van der Waals surface area contributed by atoms with Gasteiger partial charge in [-0.05, 0) is 50.9 Å². The third kappa shape index (κ3) is 4.15. The van der Waals surface area contributed by atoms with E-state index < -0.39 is 0 Å². The number of nitrogens with zero attached hydrogens (tertiary/aromatic N) is 2. The number of hydrogen-bond donors (Lipinski definition) is 0. The molecule has 1 unspecified atom stereocenters. The highest BCUT2D eigenvalue weighted by Crippen LogP contribution is 2.31. The molecule has 0 radical (unpaired) electrons. The van der Waals surface area contributed by atoms with Gasteiger partial charge in [0.25, 0.3) is 0 Å². The predicted molar refractivity (Wildman–Crippen MR) is 99.0 cm³/mol. The molecule has 0 N–H and O–H groups in total. The van der Waals surface area contributed by atoms with Crippen LogP contribution >= 0.6 is 0 Å². The van der Waals surface area contributed by atoms with Crippen molar-refractivity contribution in [3.63, 3.8) is 0 Å². The van der Waals surface area contributed by atoms with E-state index in [1.807, 2.05) is 29.2 Å². The number of carbonyl (C=O) groups excluding carboxylic acids is 1. The topological polar surface area (TPSA) is 42.0 Å². The van der Waals surface area contributed by atoms with Gasteiger partial charge in [-0.3, -0.25) is 4.79 Å². The number of amides is 1. The first-order chi connectivity index (χ1) is 12.2. The molecule has 25 heavy (non-hydrogen) atoms. The van der Waals surface area contributed by atoms with Crippen LogP contribution in [-0.2, 0) is 4.79 Å². The zero-order valence-electron chi connectivity index (χ0n) is 15.2. The first-order valence-corrected chi connectivity index (χ1v) is 9.15. The minimum absolute atomic E-state index is 0.0894. The van der Waals surface area contributed by atoms with Crippen molar-refractivity contribution in [3.8, 4) is 11.5 Å². The van der Waals surface area contributed by atoms with Crippen molar-refractivity contribution < 1.29 is 14.3 Å². The highest BCUT2D eigenvalue weighted by Gasteiger charge is 2.29. The summed E-state index contributed by atoms with van der Waals surface area (Å²) in [6.45, 7) is 4.23. The van der Waals surface area contributed by atoms with Crippen LogP contribution in [0.5, 0.6) is 11.5 Å². The van der Waals surface area contributed by atoms with Gasteiger partial charge in [0.05, 0.1) is 14.2 Å². The van der Waals surface area contributed by atoms with Crippen LogP contribution in [0.15, 0.2) is 24.3 Å². The number of ether oxygens (including phenoxy) is 2. The van der Waals surface area contributed by atoms with Crippen LogP contribution in [0, 0.1) is 0 Å². The Morgan fingerprint density at radius 2 is 1.96 bits per heavy atom. The van der Waals surface area contributed by atoms with E-state index in [1.165, 1.54) is 25.9 Å². The normalized spacial score (nSPS) is 21.2. The van der Waals surface area contributed by atoms with Crippen LogP contribution in [0.4, 0.5) is 0 Å². The molecule has 1 atom stereocenters. The number of carbonyl (C=O) groups is 1. The molecule has 5 nitrogen and oxygen atoms in total. The van der Waals surface area contributed by atoms with Gasteiger partial charge < -0.3 is 19.3 Å². The Bertz CT molecular complexity index is 623. The van der Waals surface area contributed by atoms with Crippen molar-refractivity contribution in [3.05, 3.63) is 29.8 Å². The van der Waals surface area contributed by atoms with Crippen LogP contribution in [0.25, 0.3) is 6.08 Å². The minimum atomic E-state index is 0.0894. The number of benzene rings is 1. The SMILES string of the molecule is COc1cccc(/C=C/C(=O)N2CCCC2CN2CCCC2)c1OC. The molecular weight excluding hydrogens is 316 g/mol. The van der Waals surface area contributed by atoms with Gasteiger partial charge in [-0.15, -0.1) is 0 Å². The van der Waals surface area contributed by atoms with Crippen LogP contribution in [0.1, 0.15) is 31.2 Å². The van der Waals surface area contributed by atoms with Crippen molar-refractivity contribution >= 4 is 12.0 Å². The molecule has 1 aromatic carbocycles. The summed E-state index contributed by atoms with van der Waals surface area (Å²) >= 11 is 0. The summed E-state index contributed by atoms with van der Waals surface area (Å²) in [5.74, 6) is 1.42. The minimum Gasteiger partial charge on any atom is -0.493 e. The van der Waals surface area contributed by atoms with Gasteiger partial charge in [-0.25, -0.2) is 0 Å². The first kappa shape index (κ1) is 17.8. The van der Waals surface area contributed by atoms with E-state index >= 15 is 0 Å². The summed E-state index contributed by atoms with van der Waals surface area (Å²) in [6, 6.07) is 6.03. The highest BCUT2D eigenvalue weighted by atomic mass is 16.5. The average Bonchev–Trinajstić information content (AvgIpc) is 3.31. The molecule has 2 fully saturated rings. The van der Waals surface area contributed by atoms with Crippen molar-refractivity contribution in [2.75, 3.05) is 40.4 Å². The molecular formula is C20H28N2O3. The van der Waals surface area contributed by atoms with E-state index in [2.05, 4.69) is 4.90 Å². The number of likely N-dealkylation sites (tertiary alicyclic amines) is 2. The Labute approximate surface area is 150 Å². The lowest BCUT2D eigenvalue weighted by Gasteiger charge is -2.27. The van der Waals surface area contributed by atoms with Crippen LogP contribution in [-0.4, -0.2) is 62.1 Å². The van der Waals surface area contributed by atoms with E-state index in [0.29, 0.717) is 17.5 Å². The Kier molecular flexibility index (Phi) is 5.97. The molecule has 0 spiro atoms. The van der Waals surface area contributed by atoms with E-state index in [4.69, 9.17) is 9.47 Å². The molecule has 3 rings (SSSR count). The van der Waals surface area contributed by atoms with Gasteiger partial charge in [0.2, 0.25) is 5.91 Å². The molecule has 2 aliphatic rings. The van der Waals surface area contributed by atoms with E-state index in [1.54, 1.807) is 20.3 Å². The van der Waals surface area contributed by atoms with Crippen molar-refractivity contribution in [2.24, 2.45) is 0 Å². The molecule has 2 saturated heterocycles. The fourth-order valence-electron chi connectivity index (χ4n) is 3.88. The molecule has 136 valence electrons. The second-order valence-corrected chi connectivity index (χ2v) is 6.75. The second-order valence-electron chi connectivity index (χ2n) is 6.75. The first-order valence-electron chi connectivity index (χ1n) is 9.15. The molecule has 1 aromatic rings. The molecule has 0 saturated carbocycles. The van der Waals surface area contributed by atoms with Crippen molar-refractivity contribution in [1.82, 2.24) is 9.80 Å². The van der Waals surface area contributed by atoms with Crippen LogP contribution in [0.3, 0.4) is 0 Å². The fourth-order valence-corrected chi connectivity index (χ4v) is 3.88. The standard InChI is InChI=1S/C20H28N2O3/c1-24-18-9-5-7-16(20(18)25-2)10-11-19(23)22-14-6-8-17(22)15-21-12-3-4-13-21/h5,7,9-11,17H,3-4,6,8,12-15H2,1-2H3/b11-10+. The van der Waals surface area contributed by atoms with Crippen LogP contribution < -0.4 is 9.47 Å². The maximum absolute atomic E-state index is 12.7. The summed E-state index contributed by atoms with van der Waals surface area (Å²) < 4.78 is 10.7.